The molecule has 1 aromatic heterocycles. The highest BCUT2D eigenvalue weighted by molar-refractivity contribution is 5.85. The lowest BCUT2D eigenvalue weighted by atomic mass is 10.0. The molecule has 1 aliphatic rings. The molecule has 1 atom stereocenters. The van der Waals surface area contributed by atoms with E-state index in [0.29, 0.717) is 30.5 Å². The maximum Gasteiger partial charge on any atom is 0.329 e. The summed E-state index contributed by atoms with van der Waals surface area (Å²) in [5.41, 5.74) is 1.74. The smallest absolute Gasteiger partial charge is 0.329 e. The van der Waals surface area contributed by atoms with Crippen molar-refractivity contribution in [2.45, 2.75) is 25.9 Å². The molecule has 2 heterocycles. The molecule has 0 saturated carbocycles. The summed E-state index contributed by atoms with van der Waals surface area (Å²) in [5.74, 6) is -0.237. The number of nitrogens with one attached hydrogen (secondary N) is 2. The summed E-state index contributed by atoms with van der Waals surface area (Å²) < 4.78 is 0.990. The molecular formula is C22H25ClN4O3. The van der Waals surface area contributed by atoms with Crippen LogP contribution in [0.5, 0.6) is 0 Å². The van der Waals surface area contributed by atoms with Gasteiger partial charge in [0.05, 0.1) is 16.9 Å². The number of aryl methyl sites for hydroxylation is 1. The Balaban J connectivity index is 0.00000256. The molecule has 1 amide bonds. The maximum atomic E-state index is 13.1. The fraction of sp³-hybridized carbons (Fsp3) is 0.318. The Morgan fingerprint density at radius 1 is 1.10 bits per heavy atom. The van der Waals surface area contributed by atoms with E-state index in [4.69, 9.17) is 0 Å². The van der Waals surface area contributed by atoms with Crippen LogP contribution in [0.2, 0.25) is 0 Å². The number of aromatic nitrogens is 2. The highest BCUT2D eigenvalue weighted by Gasteiger charge is 2.28. The van der Waals surface area contributed by atoms with E-state index in [0.717, 1.165) is 16.6 Å². The van der Waals surface area contributed by atoms with Crippen LogP contribution in [0, 0.1) is 0 Å². The van der Waals surface area contributed by atoms with E-state index in [9.17, 15) is 14.4 Å². The van der Waals surface area contributed by atoms with Crippen LogP contribution in [-0.4, -0.2) is 40.0 Å². The molecule has 1 fully saturated rings. The van der Waals surface area contributed by atoms with Gasteiger partial charge < -0.3 is 15.2 Å². The van der Waals surface area contributed by atoms with Crippen LogP contribution in [0.1, 0.15) is 24.1 Å². The first-order chi connectivity index (χ1) is 14.1. The molecule has 2 aromatic carbocycles. The van der Waals surface area contributed by atoms with Gasteiger partial charge in [-0.25, -0.2) is 4.79 Å². The van der Waals surface area contributed by atoms with Gasteiger partial charge in [0.1, 0.15) is 6.54 Å². The van der Waals surface area contributed by atoms with E-state index >= 15 is 0 Å². The highest BCUT2D eigenvalue weighted by atomic mass is 35.5. The van der Waals surface area contributed by atoms with Gasteiger partial charge in [0.25, 0.3) is 5.56 Å². The molecule has 0 bridgehead atoms. The van der Waals surface area contributed by atoms with E-state index in [1.165, 1.54) is 5.56 Å². The molecule has 30 heavy (non-hydrogen) atoms. The third kappa shape index (κ3) is 4.17. The van der Waals surface area contributed by atoms with Gasteiger partial charge >= 0.3 is 5.69 Å². The summed E-state index contributed by atoms with van der Waals surface area (Å²) in [6, 6.07) is 14.9. The summed E-state index contributed by atoms with van der Waals surface area (Å²) in [6.45, 7) is 3.67. The Labute approximate surface area is 180 Å². The van der Waals surface area contributed by atoms with Crippen molar-refractivity contribution in [3.63, 3.8) is 0 Å². The Morgan fingerprint density at radius 3 is 2.57 bits per heavy atom. The van der Waals surface area contributed by atoms with Gasteiger partial charge in [0.2, 0.25) is 5.91 Å². The lowest BCUT2D eigenvalue weighted by Crippen LogP contribution is -2.51. The number of carbonyl (C=O) groups is 1. The van der Waals surface area contributed by atoms with Gasteiger partial charge in [-0.05, 0) is 29.7 Å². The van der Waals surface area contributed by atoms with E-state index < -0.39 is 11.2 Å². The molecular weight excluding hydrogens is 404 g/mol. The van der Waals surface area contributed by atoms with Crippen molar-refractivity contribution < 1.29 is 4.79 Å². The number of halogens is 1. The molecule has 0 radical (unpaired) electrons. The van der Waals surface area contributed by atoms with E-state index in [2.05, 4.69) is 29.4 Å². The van der Waals surface area contributed by atoms with E-state index in [1.54, 1.807) is 29.2 Å². The van der Waals surface area contributed by atoms with Gasteiger partial charge in [0, 0.05) is 19.6 Å². The molecule has 1 unspecified atom stereocenters. The molecule has 158 valence electrons. The van der Waals surface area contributed by atoms with Crippen molar-refractivity contribution in [1.29, 1.82) is 0 Å². The van der Waals surface area contributed by atoms with Crippen molar-refractivity contribution in [2.75, 3.05) is 19.6 Å². The molecule has 1 saturated heterocycles. The zero-order chi connectivity index (χ0) is 20.4. The minimum Gasteiger partial charge on any atom is -0.332 e. The molecule has 2 N–H and O–H groups in total. The monoisotopic (exact) mass is 428 g/mol. The van der Waals surface area contributed by atoms with Gasteiger partial charge in [-0.2, -0.15) is 0 Å². The van der Waals surface area contributed by atoms with Crippen molar-refractivity contribution >= 4 is 29.2 Å². The quantitative estimate of drug-likeness (QED) is 0.664. The predicted octanol–water partition coefficient (Wildman–Crippen LogP) is 1.85. The van der Waals surface area contributed by atoms with Crippen LogP contribution < -0.4 is 16.6 Å². The Hall–Kier alpha value is -2.90. The third-order valence-corrected chi connectivity index (χ3v) is 5.52. The second-order valence-corrected chi connectivity index (χ2v) is 7.27. The Kier molecular flexibility index (Phi) is 6.74. The molecule has 4 rings (SSSR count). The number of aromatic amines is 1. The van der Waals surface area contributed by atoms with Crippen LogP contribution in [0.15, 0.2) is 58.1 Å². The van der Waals surface area contributed by atoms with Crippen molar-refractivity contribution in [1.82, 2.24) is 19.8 Å². The molecule has 8 heteroatoms. The fourth-order valence-corrected chi connectivity index (χ4v) is 3.84. The first-order valence-electron chi connectivity index (χ1n) is 9.89. The van der Waals surface area contributed by atoms with Crippen LogP contribution in [-0.2, 0) is 17.8 Å². The first kappa shape index (κ1) is 21.8. The summed E-state index contributed by atoms with van der Waals surface area (Å²) in [5, 5.41) is 3.72. The number of piperazine rings is 1. The SMILES string of the molecule is CCc1ccc(C2CNCCN2C(=O)Cn2c(=O)[nH]c3ccccc3c2=O)cc1.Cl. The second kappa shape index (κ2) is 9.28. The molecule has 0 spiro atoms. The predicted molar refractivity (Wildman–Crippen MR) is 119 cm³/mol. The topological polar surface area (TPSA) is 87.2 Å². The van der Waals surface area contributed by atoms with Gasteiger partial charge in [0.15, 0.2) is 0 Å². The standard InChI is InChI=1S/C22H24N4O3.ClH/c1-2-15-7-9-16(10-8-15)19-13-23-11-12-25(19)20(27)14-26-21(28)17-5-3-4-6-18(17)24-22(26)29;/h3-10,19,23H,2,11-14H2,1H3,(H,24,29);1H. The lowest BCUT2D eigenvalue weighted by Gasteiger charge is -2.36. The Morgan fingerprint density at radius 2 is 1.83 bits per heavy atom. The van der Waals surface area contributed by atoms with Gasteiger partial charge in [-0.1, -0.05) is 43.3 Å². The number of rotatable bonds is 4. The number of H-pyrrole nitrogens is 1. The number of fused-ring (bicyclic) bond motifs is 1. The normalized spacial score (nSPS) is 16.3. The highest BCUT2D eigenvalue weighted by Crippen LogP contribution is 2.23. The summed E-state index contributed by atoms with van der Waals surface area (Å²) in [7, 11) is 0. The van der Waals surface area contributed by atoms with Crippen LogP contribution in [0.3, 0.4) is 0 Å². The number of nitrogens with zero attached hydrogens (tertiary/aromatic N) is 2. The van der Waals surface area contributed by atoms with Crippen LogP contribution in [0.4, 0.5) is 0 Å². The average Bonchev–Trinajstić information content (AvgIpc) is 2.76. The lowest BCUT2D eigenvalue weighted by molar-refractivity contribution is -0.135. The van der Waals surface area contributed by atoms with Gasteiger partial charge in [-0.3, -0.25) is 14.2 Å². The number of hydrogen-bond donors (Lipinski definition) is 2. The molecule has 3 aromatic rings. The molecule has 1 aliphatic heterocycles. The summed E-state index contributed by atoms with van der Waals surface area (Å²) >= 11 is 0. The second-order valence-electron chi connectivity index (χ2n) is 7.27. The molecule has 7 nitrogen and oxygen atoms in total. The largest absolute Gasteiger partial charge is 0.332 e. The van der Waals surface area contributed by atoms with Crippen LogP contribution in [0.25, 0.3) is 10.9 Å². The Bertz CT molecular complexity index is 1150. The van der Waals surface area contributed by atoms with E-state index in [-0.39, 0.29) is 30.9 Å². The van der Waals surface area contributed by atoms with Crippen molar-refractivity contribution in [2.24, 2.45) is 0 Å². The van der Waals surface area contributed by atoms with E-state index in [1.807, 2.05) is 12.1 Å². The number of para-hydroxylation sites is 1. The van der Waals surface area contributed by atoms with Gasteiger partial charge in [-0.15, -0.1) is 12.4 Å². The van der Waals surface area contributed by atoms with Crippen LogP contribution >= 0.6 is 12.4 Å². The fourth-order valence-electron chi connectivity index (χ4n) is 3.84. The van der Waals surface area contributed by atoms with Crippen molar-refractivity contribution in [3.8, 4) is 0 Å². The number of carbonyl (C=O) groups excluding carboxylic acids is 1. The third-order valence-electron chi connectivity index (χ3n) is 5.52. The maximum absolute atomic E-state index is 13.1. The zero-order valence-electron chi connectivity index (χ0n) is 16.8. The minimum absolute atomic E-state index is 0. The number of hydrogen-bond acceptors (Lipinski definition) is 4. The zero-order valence-corrected chi connectivity index (χ0v) is 17.6. The average molecular weight is 429 g/mol. The molecule has 0 aliphatic carbocycles. The van der Waals surface area contributed by atoms with Crippen molar-refractivity contribution in [3.05, 3.63) is 80.5 Å². The number of benzene rings is 2. The first-order valence-corrected chi connectivity index (χ1v) is 9.89. The summed E-state index contributed by atoms with van der Waals surface area (Å²) in [4.78, 5) is 42.7. The number of amides is 1. The summed E-state index contributed by atoms with van der Waals surface area (Å²) in [6.07, 6.45) is 0.958. The minimum atomic E-state index is -0.568.